The monoisotopic (exact) mass is 240 g/mol. The first kappa shape index (κ1) is 11.6. The minimum Gasteiger partial charge on any atom is -0.482 e. The highest BCUT2D eigenvalue weighted by atomic mass is 27.1. The Hall–Kier alpha value is -0.895. The highest BCUT2D eigenvalue weighted by molar-refractivity contribution is 6.16. The quantitative estimate of drug-likeness (QED) is 0.790. The van der Waals surface area contributed by atoms with E-state index >= 15 is 0 Å². The fraction of sp³-hybridized carbons (Fsp3) is 0. The minimum atomic E-state index is 0.989. The van der Waals surface area contributed by atoms with Crippen molar-refractivity contribution in [2.45, 2.75) is 0 Å². The number of benzene rings is 2. The topological polar surface area (TPSA) is 24.1 Å². The van der Waals surface area contributed by atoms with Gasteiger partial charge in [-0.15, -0.1) is 0 Å². The Morgan fingerprint density at radius 3 is 1.12 bits per heavy atom. The van der Waals surface area contributed by atoms with E-state index in [2.05, 4.69) is 57.1 Å². The molecule has 78 valence electrons. The zero-order valence-corrected chi connectivity index (χ0v) is 13.6. The molecule has 2 N–H and O–H groups in total. The van der Waals surface area contributed by atoms with Crippen molar-refractivity contribution in [3.8, 4) is 11.1 Å². The summed E-state index contributed by atoms with van der Waals surface area (Å²) in [4.78, 5) is 0. The summed E-state index contributed by atoms with van der Waals surface area (Å²) in [7, 11) is 0. The van der Waals surface area contributed by atoms with E-state index in [0.717, 1.165) is 33.0 Å². The highest BCUT2D eigenvalue weighted by Gasteiger charge is 1.97. The molecule has 0 aliphatic rings. The third-order valence-corrected chi connectivity index (χ3v) is 3.84. The molecule has 2 nitrogen and oxygen atoms in total. The van der Waals surface area contributed by atoms with Crippen LogP contribution in [0.4, 0.5) is 11.4 Å². The molecule has 2 aromatic carbocycles. The molecular weight excluding hydrogens is 226 g/mol. The average Bonchev–Trinajstić information content (AvgIpc) is 2.39. The first-order chi connectivity index (χ1) is 7.83. The van der Waals surface area contributed by atoms with Gasteiger partial charge in [0.25, 0.3) is 0 Å². The number of rotatable bonds is 3. The SMILES string of the molecule is [AlH2][NH]c1ccc(-c2ccc([NH][AlH2])cc2)cc1. The highest BCUT2D eigenvalue weighted by Crippen LogP contribution is 2.22. The number of hydrogen-bond acceptors (Lipinski definition) is 2. The van der Waals surface area contributed by atoms with E-state index in [0.29, 0.717) is 0 Å². The Kier molecular flexibility index (Phi) is 3.94. The molecule has 0 spiro atoms. The number of nitrogens with one attached hydrogen (secondary N) is 2. The lowest BCUT2D eigenvalue weighted by atomic mass is 10.1. The van der Waals surface area contributed by atoms with Gasteiger partial charge in [-0.05, 0) is 35.4 Å². The Morgan fingerprint density at radius 2 is 0.875 bits per heavy atom. The molecule has 16 heavy (non-hydrogen) atoms. The predicted molar refractivity (Wildman–Crippen MR) is 76.2 cm³/mol. The molecule has 0 atom stereocenters. The maximum absolute atomic E-state index is 3.26. The summed E-state index contributed by atoms with van der Waals surface area (Å²) in [5, 5.41) is 0. The van der Waals surface area contributed by atoms with Gasteiger partial charge < -0.3 is 8.60 Å². The van der Waals surface area contributed by atoms with Gasteiger partial charge in [-0.25, -0.2) is 0 Å². The van der Waals surface area contributed by atoms with Crippen molar-refractivity contribution in [2.75, 3.05) is 8.60 Å². The van der Waals surface area contributed by atoms with E-state index in [1.807, 2.05) is 0 Å². The van der Waals surface area contributed by atoms with Gasteiger partial charge in [0.05, 0.1) is 0 Å². The van der Waals surface area contributed by atoms with Crippen molar-refractivity contribution >= 4 is 44.4 Å². The third kappa shape index (κ3) is 2.61. The van der Waals surface area contributed by atoms with E-state index in [4.69, 9.17) is 0 Å². The number of hydrogen-bond donors (Lipinski definition) is 2. The second-order valence-corrected chi connectivity index (χ2v) is 4.65. The van der Waals surface area contributed by atoms with Crippen LogP contribution in [0.15, 0.2) is 48.5 Å². The van der Waals surface area contributed by atoms with E-state index in [1.54, 1.807) is 0 Å². The normalized spacial score (nSPS) is 9.75. The summed E-state index contributed by atoms with van der Waals surface area (Å²) in [5.74, 6) is 0. The maximum Gasteiger partial charge on any atom is 0.360 e. The van der Waals surface area contributed by atoms with Crippen LogP contribution in [-0.2, 0) is 0 Å². The van der Waals surface area contributed by atoms with Gasteiger partial charge >= 0.3 is 33.0 Å². The molecule has 0 unspecified atom stereocenters. The fourth-order valence-electron chi connectivity index (χ4n) is 1.66. The molecular formula is C12H14Al2N2. The summed E-state index contributed by atoms with van der Waals surface area (Å²) in [6, 6.07) is 17.1. The first-order valence-electron chi connectivity index (χ1n) is 5.39. The average molecular weight is 240 g/mol. The Labute approximate surface area is 112 Å². The zero-order valence-electron chi connectivity index (χ0n) is 9.62. The van der Waals surface area contributed by atoms with Crippen LogP contribution in [-0.4, -0.2) is 33.0 Å². The molecule has 0 heterocycles. The van der Waals surface area contributed by atoms with Gasteiger partial charge in [-0.3, -0.25) is 0 Å². The van der Waals surface area contributed by atoms with E-state index in [1.165, 1.54) is 22.5 Å². The van der Waals surface area contributed by atoms with Crippen LogP contribution in [0.1, 0.15) is 0 Å². The van der Waals surface area contributed by atoms with E-state index < -0.39 is 0 Å². The van der Waals surface area contributed by atoms with Crippen LogP contribution >= 0.6 is 0 Å². The molecule has 0 aliphatic heterocycles. The van der Waals surface area contributed by atoms with Crippen molar-refractivity contribution in [2.24, 2.45) is 0 Å². The molecule has 0 saturated heterocycles. The summed E-state index contributed by atoms with van der Waals surface area (Å²) < 4.78 is 6.51. The molecule has 0 aliphatic carbocycles. The first-order valence-corrected chi connectivity index (χ1v) is 7.39. The molecule has 0 radical (unpaired) electrons. The van der Waals surface area contributed by atoms with Crippen molar-refractivity contribution < 1.29 is 0 Å². The van der Waals surface area contributed by atoms with Crippen LogP contribution in [0.3, 0.4) is 0 Å². The smallest absolute Gasteiger partial charge is 0.360 e. The molecule has 0 bridgehead atoms. The lowest BCUT2D eigenvalue weighted by Gasteiger charge is -2.06. The predicted octanol–water partition coefficient (Wildman–Crippen LogP) is 1.27. The summed E-state index contributed by atoms with van der Waals surface area (Å²) in [6.45, 7) is 0. The summed E-state index contributed by atoms with van der Waals surface area (Å²) in [5.41, 5.74) is 4.93. The largest absolute Gasteiger partial charge is 0.482 e. The van der Waals surface area contributed by atoms with Gasteiger partial charge in [0.15, 0.2) is 0 Å². The van der Waals surface area contributed by atoms with Crippen LogP contribution in [0.25, 0.3) is 11.1 Å². The van der Waals surface area contributed by atoms with Crippen LogP contribution in [0.5, 0.6) is 0 Å². The standard InChI is InChI=1S/C12H10N2.2Al.4H/c13-11-5-1-9(2-6-11)10-3-7-12(14)8-4-10;;;;;;/h1-8,13-14H;;;;;;/q-2;2*+1;;;;. The van der Waals surface area contributed by atoms with Crippen LogP contribution in [0.2, 0.25) is 0 Å². The van der Waals surface area contributed by atoms with Crippen molar-refractivity contribution in [1.82, 2.24) is 0 Å². The second-order valence-electron chi connectivity index (χ2n) is 3.65. The Balaban J connectivity index is 2.28. The maximum atomic E-state index is 3.26. The van der Waals surface area contributed by atoms with Gasteiger partial charge in [-0.1, -0.05) is 24.3 Å². The van der Waals surface area contributed by atoms with Crippen LogP contribution < -0.4 is 8.60 Å². The Morgan fingerprint density at radius 1 is 0.562 bits per heavy atom. The van der Waals surface area contributed by atoms with E-state index in [-0.39, 0.29) is 0 Å². The lowest BCUT2D eigenvalue weighted by molar-refractivity contribution is 1.60. The molecule has 2 rings (SSSR count). The molecule has 0 aromatic heterocycles. The third-order valence-electron chi connectivity index (χ3n) is 2.68. The van der Waals surface area contributed by atoms with Gasteiger partial charge in [-0.2, -0.15) is 0 Å². The lowest BCUT2D eigenvalue weighted by Crippen LogP contribution is -1.90. The summed E-state index contributed by atoms with van der Waals surface area (Å²) >= 11 is 1.98. The Bertz CT molecular complexity index is 406. The zero-order chi connectivity index (χ0) is 11.4. The molecule has 0 fully saturated rings. The van der Waals surface area contributed by atoms with Crippen molar-refractivity contribution in [1.29, 1.82) is 0 Å². The van der Waals surface area contributed by atoms with E-state index in [9.17, 15) is 0 Å². The molecule has 2 aromatic rings. The second kappa shape index (κ2) is 5.44. The van der Waals surface area contributed by atoms with Gasteiger partial charge in [0.1, 0.15) is 0 Å². The summed E-state index contributed by atoms with van der Waals surface area (Å²) in [6.07, 6.45) is 0. The van der Waals surface area contributed by atoms with Crippen molar-refractivity contribution in [3.63, 3.8) is 0 Å². The number of anilines is 2. The molecule has 0 saturated carbocycles. The van der Waals surface area contributed by atoms with Crippen LogP contribution in [0, 0.1) is 0 Å². The minimum absolute atomic E-state index is 0.989. The van der Waals surface area contributed by atoms with Gasteiger partial charge in [0.2, 0.25) is 0 Å². The molecule has 0 amide bonds. The fourth-order valence-corrected chi connectivity index (χ4v) is 2.33. The molecule has 4 heteroatoms. The van der Waals surface area contributed by atoms with Crippen molar-refractivity contribution in [3.05, 3.63) is 48.5 Å². The van der Waals surface area contributed by atoms with Gasteiger partial charge in [0, 0.05) is 11.4 Å².